The van der Waals surface area contributed by atoms with E-state index in [1.807, 2.05) is 0 Å². The molecule has 1 heterocycles. The number of ether oxygens (including phenoxy) is 3. The summed E-state index contributed by atoms with van der Waals surface area (Å²) in [7, 11) is 1.75. The van der Waals surface area contributed by atoms with Gasteiger partial charge in [-0.25, -0.2) is 0 Å². The van der Waals surface area contributed by atoms with Crippen LogP contribution in [-0.4, -0.2) is 33.2 Å². The molecular weight excluding hydrogens is 204 g/mol. The van der Waals surface area contributed by atoms with Gasteiger partial charge in [0.05, 0.1) is 13.2 Å². The van der Waals surface area contributed by atoms with Gasteiger partial charge in [0.15, 0.2) is 6.29 Å². The Hall–Kier alpha value is -0.120. The van der Waals surface area contributed by atoms with Crippen molar-refractivity contribution < 1.29 is 14.2 Å². The van der Waals surface area contributed by atoms with E-state index in [2.05, 4.69) is 13.8 Å². The number of hydrogen-bond donors (Lipinski definition) is 0. The monoisotopic (exact) mass is 230 g/mol. The highest BCUT2D eigenvalue weighted by Gasteiger charge is 2.17. The largest absolute Gasteiger partial charge is 0.384 e. The lowest BCUT2D eigenvalue weighted by Crippen LogP contribution is -2.27. The quantitative estimate of drug-likeness (QED) is 0.673. The molecule has 0 aromatic heterocycles. The molecule has 1 saturated heterocycles. The van der Waals surface area contributed by atoms with E-state index in [1.54, 1.807) is 7.11 Å². The van der Waals surface area contributed by atoms with Crippen LogP contribution in [-0.2, 0) is 14.2 Å². The minimum absolute atomic E-state index is 0.0280. The maximum atomic E-state index is 5.80. The van der Waals surface area contributed by atoms with Gasteiger partial charge in [-0.3, -0.25) is 0 Å². The second-order valence-electron chi connectivity index (χ2n) is 5.08. The molecule has 1 aliphatic rings. The molecule has 0 radical (unpaired) electrons. The highest BCUT2D eigenvalue weighted by molar-refractivity contribution is 4.62. The first-order chi connectivity index (χ1) is 7.72. The van der Waals surface area contributed by atoms with Crippen LogP contribution < -0.4 is 0 Å². The molecule has 0 aromatic rings. The van der Waals surface area contributed by atoms with Gasteiger partial charge in [-0.15, -0.1) is 0 Å². The molecule has 0 aliphatic carbocycles. The van der Waals surface area contributed by atoms with Crippen molar-refractivity contribution in [1.82, 2.24) is 0 Å². The summed E-state index contributed by atoms with van der Waals surface area (Å²) in [6.07, 6.45) is 4.62. The molecule has 0 amide bonds. The number of hydrogen-bond acceptors (Lipinski definition) is 3. The van der Waals surface area contributed by atoms with E-state index < -0.39 is 0 Å². The predicted octanol–water partition coefficient (Wildman–Crippen LogP) is 2.84. The molecule has 2 unspecified atom stereocenters. The molecule has 1 fully saturated rings. The van der Waals surface area contributed by atoms with E-state index >= 15 is 0 Å². The lowest BCUT2D eigenvalue weighted by Gasteiger charge is -2.25. The van der Waals surface area contributed by atoms with Gasteiger partial charge in [0.25, 0.3) is 0 Å². The zero-order valence-corrected chi connectivity index (χ0v) is 10.9. The van der Waals surface area contributed by atoms with E-state index in [0.717, 1.165) is 32.7 Å². The summed E-state index contributed by atoms with van der Waals surface area (Å²) in [5, 5.41) is 0. The normalized spacial score (nSPS) is 23.6. The molecule has 0 aromatic carbocycles. The first kappa shape index (κ1) is 13.9. The van der Waals surface area contributed by atoms with Crippen molar-refractivity contribution in [2.24, 2.45) is 11.8 Å². The van der Waals surface area contributed by atoms with E-state index in [0.29, 0.717) is 11.8 Å². The summed E-state index contributed by atoms with van der Waals surface area (Å²) < 4.78 is 16.6. The molecule has 0 bridgehead atoms. The molecule has 96 valence electrons. The summed E-state index contributed by atoms with van der Waals surface area (Å²) in [5.41, 5.74) is 0. The van der Waals surface area contributed by atoms with Gasteiger partial charge in [-0.05, 0) is 31.6 Å². The van der Waals surface area contributed by atoms with Crippen molar-refractivity contribution in [1.29, 1.82) is 0 Å². The fourth-order valence-corrected chi connectivity index (χ4v) is 2.17. The third-order valence-electron chi connectivity index (χ3n) is 2.86. The van der Waals surface area contributed by atoms with Crippen LogP contribution >= 0.6 is 0 Å². The average molecular weight is 230 g/mol. The molecule has 0 spiro atoms. The van der Waals surface area contributed by atoms with Crippen molar-refractivity contribution in [3.63, 3.8) is 0 Å². The maximum absolute atomic E-state index is 5.80. The fourth-order valence-electron chi connectivity index (χ4n) is 2.17. The number of rotatable bonds is 7. The fraction of sp³-hybridized carbons (Fsp3) is 1.00. The third-order valence-corrected chi connectivity index (χ3v) is 2.86. The van der Waals surface area contributed by atoms with Gasteiger partial charge in [0.2, 0.25) is 0 Å². The van der Waals surface area contributed by atoms with Gasteiger partial charge in [0.1, 0.15) is 0 Å². The van der Waals surface area contributed by atoms with E-state index in [9.17, 15) is 0 Å². The van der Waals surface area contributed by atoms with E-state index in [-0.39, 0.29) is 6.29 Å². The smallest absolute Gasteiger partial charge is 0.157 e. The molecule has 1 aliphatic heterocycles. The Balaban J connectivity index is 2.19. The van der Waals surface area contributed by atoms with Crippen molar-refractivity contribution in [3.8, 4) is 0 Å². The van der Waals surface area contributed by atoms with Crippen LogP contribution in [0.2, 0.25) is 0 Å². The van der Waals surface area contributed by atoms with Gasteiger partial charge in [-0.1, -0.05) is 13.8 Å². The van der Waals surface area contributed by atoms with E-state index in [4.69, 9.17) is 14.2 Å². The summed E-state index contributed by atoms with van der Waals surface area (Å²) in [4.78, 5) is 0. The summed E-state index contributed by atoms with van der Waals surface area (Å²) in [6, 6.07) is 0. The highest BCUT2D eigenvalue weighted by atomic mass is 16.7. The zero-order valence-electron chi connectivity index (χ0n) is 10.9. The average Bonchev–Trinajstić information content (AvgIpc) is 2.27. The van der Waals surface area contributed by atoms with Crippen LogP contribution in [0.4, 0.5) is 0 Å². The molecule has 3 heteroatoms. The Morgan fingerprint density at radius 1 is 1.25 bits per heavy atom. The lowest BCUT2D eigenvalue weighted by atomic mass is 9.99. The second kappa shape index (κ2) is 8.04. The standard InChI is InChI=1S/C13H26O3/c1-11(2)8-12(9-14-3)10-16-13-6-4-5-7-15-13/h11-13H,4-10H2,1-3H3. The second-order valence-corrected chi connectivity index (χ2v) is 5.08. The Kier molecular flexibility index (Phi) is 7.01. The van der Waals surface area contributed by atoms with Gasteiger partial charge in [-0.2, -0.15) is 0 Å². The highest BCUT2D eigenvalue weighted by Crippen LogP contribution is 2.17. The van der Waals surface area contributed by atoms with E-state index in [1.165, 1.54) is 12.8 Å². The van der Waals surface area contributed by atoms with Crippen molar-refractivity contribution in [2.75, 3.05) is 26.9 Å². The van der Waals surface area contributed by atoms with Gasteiger partial charge >= 0.3 is 0 Å². The van der Waals surface area contributed by atoms with Crippen molar-refractivity contribution in [3.05, 3.63) is 0 Å². The summed E-state index contributed by atoms with van der Waals surface area (Å²) >= 11 is 0. The van der Waals surface area contributed by atoms with Crippen LogP contribution in [0, 0.1) is 11.8 Å². The Morgan fingerprint density at radius 3 is 2.62 bits per heavy atom. The minimum atomic E-state index is 0.0280. The SMILES string of the molecule is COCC(COC1CCCCO1)CC(C)C. The first-order valence-electron chi connectivity index (χ1n) is 6.44. The zero-order chi connectivity index (χ0) is 11.8. The molecule has 1 rings (SSSR count). The van der Waals surface area contributed by atoms with Crippen molar-refractivity contribution in [2.45, 2.75) is 45.8 Å². The lowest BCUT2D eigenvalue weighted by molar-refractivity contribution is -0.172. The Morgan fingerprint density at radius 2 is 2.06 bits per heavy atom. The minimum Gasteiger partial charge on any atom is -0.384 e. The maximum Gasteiger partial charge on any atom is 0.157 e. The summed E-state index contributed by atoms with van der Waals surface area (Å²) in [6.45, 7) is 6.87. The first-order valence-corrected chi connectivity index (χ1v) is 6.44. The van der Waals surface area contributed by atoms with Crippen LogP contribution in [0.5, 0.6) is 0 Å². The molecule has 3 nitrogen and oxygen atoms in total. The molecule has 0 saturated carbocycles. The van der Waals surface area contributed by atoms with Gasteiger partial charge < -0.3 is 14.2 Å². The van der Waals surface area contributed by atoms with Crippen molar-refractivity contribution >= 4 is 0 Å². The van der Waals surface area contributed by atoms with Crippen LogP contribution in [0.1, 0.15) is 39.5 Å². The predicted molar refractivity (Wildman–Crippen MR) is 64.4 cm³/mol. The number of methoxy groups -OCH3 is 1. The van der Waals surface area contributed by atoms with Crippen LogP contribution in [0.25, 0.3) is 0 Å². The Labute approximate surface area is 99.5 Å². The molecular formula is C13H26O3. The topological polar surface area (TPSA) is 27.7 Å². The Bertz CT molecular complexity index is 165. The molecule has 16 heavy (non-hydrogen) atoms. The third kappa shape index (κ3) is 5.83. The van der Waals surface area contributed by atoms with Gasteiger partial charge in [0, 0.05) is 19.6 Å². The summed E-state index contributed by atoms with van der Waals surface area (Å²) in [5.74, 6) is 1.19. The van der Waals surface area contributed by atoms with Crippen LogP contribution in [0.3, 0.4) is 0 Å². The molecule has 0 N–H and O–H groups in total. The van der Waals surface area contributed by atoms with Crippen LogP contribution in [0.15, 0.2) is 0 Å². The molecule has 2 atom stereocenters.